The van der Waals surface area contributed by atoms with Gasteiger partial charge in [0, 0.05) is 29.0 Å². The van der Waals surface area contributed by atoms with E-state index < -0.39 is 23.1 Å². The third-order valence-electron chi connectivity index (χ3n) is 6.46. The molecule has 7 nitrogen and oxygen atoms in total. The second-order valence-corrected chi connectivity index (χ2v) is 12.1. The fourth-order valence-corrected chi connectivity index (χ4v) is 6.67. The van der Waals surface area contributed by atoms with Crippen molar-refractivity contribution in [3.8, 4) is 16.3 Å². The number of rotatable bonds is 4. The third-order valence-corrected chi connectivity index (χ3v) is 8.47. The smallest absolute Gasteiger partial charge is 0.324 e. The Labute approximate surface area is 234 Å². The molecule has 0 unspecified atom stereocenters. The number of phenols is 1. The van der Waals surface area contributed by atoms with Gasteiger partial charge in [-0.05, 0) is 30.3 Å². The van der Waals surface area contributed by atoms with E-state index in [9.17, 15) is 14.3 Å². The molecule has 0 saturated carbocycles. The van der Waals surface area contributed by atoms with Gasteiger partial charge in [-0.15, -0.1) is 22.7 Å². The molecule has 6 rings (SSSR count). The molecule has 5 aromatic rings. The monoisotopic (exact) mass is 583 g/mol. The maximum absolute atomic E-state index is 15.6. The number of nitrogens with zero attached hydrogens (tertiary/aromatic N) is 3. The number of nitrogens with one attached hydrogen (secondary N) is 2. The largest absolute Gasteiger partial charge is 0.506 e. The zero-order valence-corrected chi connectivity index (χ0v) is 22.9. The van der Waals surface area contributed by atoms with Crippen LogP contribution < -0.4 is 15.5 Å². The molecule has 0 fully saturated rings. The van der Waals surface area contributed by atoms with Crippen LogP contribution in [-0.2, 0) is 5.41 Å². The molecule has 3 aromatic carbocycles. The number of aromatic hydroxyl groups is 1. The number of aromatic nitrogens is 2. The zero-order valence-electron chi connectivity index (χ0n) is 20.6. The van der Waals surface area contributed by atoms with E-state index >= 15 is 4.39 Å². The Kier molecular flexibility index (Phi) is 6.17. The van der Waals surface area contributed by atoms with Crippen molar-refractivity contribution in [2.75, 3.05) is 22.1 Å². The van der Waals surface area contributed by atoms with Crippen molar-refractivity contribution >= 4 is 73.4 Å². The maximum atomic E-state index is 15.6. The van der Waals surface area contributed by atoms with Crippen molar-refractivity contribution in [2.24, 2.45) is 0 Å². The van der Waals surface area contributed by atoms with E-state index in [1.54, 1.807) is 23.6 Å². The Balaban J connectivity index is 1.44. The van der Waals surface area contributed by atoms with Crippen LogP contribution in [0.3, 0.4) is 0 Å². The Hall–Kier alpha value is -3.80. The average Bonchev–Trinajstić information content (AvgIpc) is 3.54. The van der Waals surface area contributed by atoms with Crippen LogP contribution in [0, 0.1) is 11.6 Å². The minimum Gasteiger partial charge on any atom is -0.506 e. The van der Waals surface area contributed by atoms with Crippen molar-refractivity contribution in [1.29, 1.82) is 0 Å². The summed E-state index contributed by atoms with van der Waals surface area (Å²) in [5.41, 5.74) is 2.28. The van der Waals surface area contributed by atoms with Crippen LogP contribution in [0.15, 0.2) is 53.9 Å². The number of urea groups is 1. The van der Waals surface area contributed by atoms with Gasteiger partial charge >= 0.3 is 6.03 Å². The van der Waals surface area contributed by atoms with E-state index in [-0.39, 0.29) is 11.3 Å². The predicted octanol–water partition coefficient (Wildman–Crippen LogP) is 8.13. The van der Waals surface area contributed by atoms with Crippen LogP contribution >= 0.6 is 34.3 Å². The Bertz CT molecular complexity index is 1770. The van der Waals surface area contributed by atoms with Crippen molar-refractivity contribution in [3.63, 3.8) is 0 Å². The van der Waals surface area contributed by atoms with E-state index in [1.807, 2.05) is 30.9 Å². The first kappa shape index (κ1) is 25.5. The number of carbonyl (C=O) groups excluding carboxylic acids is 1. The molecule has 2 aromatic heterocycles. The number of amides is 2. The number of halogens is 3. The van der Waals surface area contributed by atoms with Gasteiger partial charge in [-0.25, -0.2) is 23.5 Å². The van der Waals surface area contributed by atoms with Gasteiger partial charge < -0.3 is 15.3 Å². The Morgan fingerprint density at radius 2 is 1.92 bits per heavy atom. The second-order valence-electron chi connectivity index (χ2n) is 9.66. The van der Waals surface area contributed by atoms with Crippen LogP contribution in [0.4, 0.5) is 36.5 Å². The lowest BCUT2D eigenvalue weighted by molar-refractivity contribution is 0.262. The first-order chi connectivity index (χ1) is 18.6. The van der Waals surface area contributed by atoms with E-state index in [2.05, 4.69) is 20.6 Å². The number of anilines is 4. The normalized spacial score (nSPS) is 14.0. The summed E-state index contributed by atoms with van der Waals surface area (Å²) in [6.45, 7) is 4.29. The average molecular weight is 584 g/mol. The molecule has 2 amide bonds. The van der Waals surface area contributed by atoms with Crippen molar-refractivity contribution in [1.82, 2.24) is 9.97 Å². The zero-order chi connectivity index (χ0) is 27.5. The number of fused-ring (bicyclic) bond motifs is 2. The standard InChI is InChI=1S/C27H20ClF2N5O2S2/c1-27(2)12-35(17-6-4-3-5-15(17)32-26(37)34-20-11-38-25(28)33-20)23-18(36)10-14(30)21(22(23)27)24-31-16-8-7-13(29)9-19(16)39-24/h3-11,36H,12H2,1-2H3,(H2,32,34,37). The molecule has 1 aliphatic rings. The molecule has 0 saturated heterocycles. The summed E-state index contributed by atoms with van der Waals surface area (Å²) in [4.78, 5) is 23.2. The Morgan fingerprint density at radius 1 is 1.13 bits per heavy atom. The molecule has 0 bridgehead atoms. The topological polar surface area (TPSA) is 90.4 Å². The molecule has 0 aliphatic carbocycles. The molecule has 1 aliphatic heterocycles. The van der Waals surface area contributed by atoms with Gasteiger partial charge in [-0.1, -0.05) is 37.6 Å². The summed E-state index contributed by atoms with van der Waals surface area (Å²) in [6.07, 6.45) is 0. The molecule has 0 atom stereocenters. The van der Waals surface area contributed by atoms with Gasteiger partial charge in [0.1, 0.15) is 28.2 Å². The quantitative estimate of drug-likeness (QED) is 0.199. The lowest BCUT2D eigenvalue weighted by Crippen LogP contribution is -2.27. The molecule has 0 spiro atoms. The van der Waals surface area contributed by atoms with Crippen LogP contribution in [0.2, 0.25) is 4.47 Å². The van der Waals surface area contributed by atoms with Gasteiger partial charge in [0.2, 0.25) is 0 Å². The summed E-state index contributed by atoms with van der Waals surface area (Å²) < 4.78 is 30.3. The minimum absolute atomic E-state index is 0.236. The first-order valence-corrected chi connectivity index (χ1v) is 13.9. The van der Waals surface area contributed by atoms with Crippen LogP contribution in [0.5, 0.6) is 5.75 Å². The number of hydrogen-bond donors (Lipinski definition) is 3. The van der Waals surface area contributed by atoms with E-state index in [0.29, 0.717) is 54.7 Å². The lowest BCUT2D eigenvalue weighted by atomic mass is 9.83. The summed E-state index contributed by atoms with van der Waals surface area (Å²) in [5, 5.41) is 18.5. The van der Waals surface area contributed by atoms with Gasteiger partial charge in [-0.2, -0.15) is 0 Å². The number of hydrogen-bond acceptors (Lipinski definition) is 7. The van der Waals surface area contributed by atoms with Gasteiger partial charge in [0.15, 0.2) is 4.47 Å². The summed E-state index contributed by atoms with van der Waals surface area (Å²) in [6, 6.07) is 11.9. The minimum atomic E-state index is -0.625. The molecular formula is C27H20ClF2N5O2S2. The lowest BCUT2D eigenvalue weighted by Gasteiger charge is -2.25. The summed E-state index contributed by atoms with van der Waals surface area (Å²) in [7, 11) is 0. The number of phenolic OH excluding ortho intramolecular Hbond substituents is 1. The van der Waals surface area contributed by atoms with Crippen LogP contribution in [0.1, 0.15) is 19.4 Å². The highest BCUT2D eigenvalue weighted by Gasteiger charge is 2.42. The molecule has 3 N–H and O–H groups in total. The molecule has 3 heterocycles. The third kappa shape index (κ3) is 4.56. The van der Waals surface area contributed by atoms with Crippen LogP contribution in [-0.4, -0.2) is 27.7 Å². The fraction of sp³-hybridized carbons (Fsp3) is 0.148. The number of carbonyl (C=O) groups is 1. The number of para-hydroxylation sites is 2. The number of thiazole rings is 2. The highest BCUT2D eigenvalue weighted by molar-refractivity contribution is 7.21. The van der Waals surface area contributed by atoms with Gasteiger partial charge in [0.25, 0.3) is 0 Å². The van der Waals surface area contributed by atoms with Crippen molar-refractivity contribution in [2.45, 2.75) is 19.3 Å². The van der Waals surface area contributed by atoms with Gasteiger partial charge in [0.05, 0.1) is 32.8 Å². The van der Waals surface area contributed by atoms with E-state index in [0.717, 1.165) is 6.07 Å². The van der Waals surface area contributed by atoms with E-state index in [4.69, 9.17) is 11.6 Å². The SMILES string of the molecule is CC1(C)CN(c2ccccc2NC(=O)Nc2csc(Cl)n2)c2c(O)cc(F)c(-c3nc4ccc(F)cc4s3)c21. The molecule has 39 heavy (non-hydrogen) atoms. The molecule has 198 valence electrons. The maximum Gasteiger partial charge on any atom is 0.324 e. The number of benzene rings is 3. The predicted molar refractivity (Wildman–Crippen MR) is 153 cm³/mol. The fourth-order valence-electron chi connectivity index (χ4n) is 4.93. The van der Waals surface area contributed by atoms with Crippen molar-refractivity contribution in [3.05, 3.63) is 75.6 Å². The Morgan fingerprint density at radius 3 is 2.69 bits per heavy atom. The van der Waals surface area contributed by atoms with E-state index in [1.165, 1.54) is 34.8 Å². The highest BCUT2D eigenvalue weighted by Crippen LogP contribution is 2.55. The molecule has 0 radical (unpaired) electrons. The van der Waals surface area contributed by atoms with Crippen molar-refractivity contribution < 1.29 is 18.7 Å². The summed E-state index contributed by atoms with van der Waals surface area (Å²) in [5.74, 6) is -0.929. The molecule has 12 heteroatoms. The summed E-state index contributed by atoms with van der Waals surface area (Å²) >= 11 is 8.25. The second kappa shape index (κ2) is 9.44. The van der Waals surface area contributed by atoms with Gasteiger partial charge in [-0.3, -0.25) is 5.32 Å². The van der Waals surface area contributed by atoms with Crippen LogP contribution in [0.25, 0.3) is 20.8 Å². The molecular weight excluding hydrogens is 564 g/mol. The highest BCUT2D eigenvalue weighted by atomic mass is 35.5. The first-order valence-electron chi connectivity index (χ1n) is 11.8.